The number of rotatable bonds is 2. The molecule has 3 rings (SSSR count). The summed E-state index contributed by atoms with van der Waals surface area (Å²) in [5.74, 6) is 1.65. The molecule has 3 heteroatoms. The van der Waals surface area contributed by atoms with Crippen molar-refractivity contribution in [2.45, 2.75) is 39.5 Å². The number of aryl methyl sites for hydroxylation is 2. The SMILES string of the molecule is Cc1ccc(C)c(-c2[nH]c(C3CC3)nc(=S)c2C)c1. The summed E-state index contributed by atoms with van der Waals surface area (Å²) in [6.07, 6.45) is 2.46. The lowest BCUT2D eigenvalue weighted by Crippen LogP contribution is -2.00. The van der Waals surface area contributed by atoms with Crippen LogP contribution in [0, 0.1) is 25.4 Å². The molecule has 0 atom stereocenters. The van der Waals surface area contributed by atoms with Gasteiger partial charge in [0.25, 0.3) is 0 Å². The summed E-state index contributed by atoms with van der Waals surface area (Å²) in [6, 6.07) is 6.53. The first-order chi connectivity index (χ1) is 9.06. The van der Waals surface area contributed by atoms with Crippen LogP contribution in [0.2, 0.25) is 0 Å². The maximum atomic E-state index is 5.42. The molecule has 0 amide bonds. The minimum Gasteiger partial charge on any atom is -0.343 e. The van der Waals surface area contributed by atoms with Crippen LogP contribution in [0.1, 0.15) is 41.3 Å². The van der Waals surface area contributed by atoms with Crippen LogP contribution in [-0.2, 0) is 0 Å². The summed E-state index contributed by atoms with van der Waals surface area (Å²) in [4.78, 5) is 8.05. The Morgan fingerprint density at radius 1 is 1.21 bits per heavy atom. The molecule has 1 aliphatic carbocycles. The molecule has 0 radical (unpaired) electrons. The Bertz CT molecular complexity index is 696. The van der Waals surface area contributed by atoms with E-state index in [0.717, 1.165) is 21.7 Å². The third-order valence-electron chi connectivity index (χ3n) is 3.80. The molecule has 1 aromatic carbocycles. The number of H-pyrrole nitrogens is 1. The average Bonchev–Trinajstić information content (AvgIpc) is 3.20. The first-order valence-electron chi connectivity index (χ1n) is 6.74. The zero-order valence-electron chi connectivity index (χ0n) is 11.6. The van der Waals surface area contributed by atoms with E-state index in [1.165, 1.54) is 29.5 Å². The number of hydrogen-bond donors (Lipinski definition) is 1. The zero-order valence-corrected chi connectivity index (χ0v) is 12.4. The molecule has 0 unspecified atom stereocenters. The van der Waals surface area contributed by atoms with Crippen LogP contribution in [-0.4, -0.2) is 9.97 Å². The van der Waals surface area contributed by atoms with Gasteiger partial charge in [-0.25, -0.2) is 4.98 Å². The molecule has 0 aliphatic heterocycles. The second kappa shape index (κ2) is 4.57. The van der Waals surface area contributed by atoms with Gasteiger partial charge in [-0.05, 0) is 45.2 Å². The Balaban J connectivity index is 2.23. The van der Waals surface area contributed by atoms with Gasteiger partial charge in [0.15, 0.2) is 0 Å². The monoisotopic (exact) mass is 270 g/mol. The first kappa shape index (κ1) is 12.5. The third-order valence-corrected chi connectivity index (χ3v) is 4.19. The normalized spacial score (nSPS) is 14.7. The predicted molar refractivity (Wildman–Crippen MR) is 81.0 cm³/mol. The lowest BCUT2D eigenvalue weighted by atomic mass is 10.00. The van der Waals surface area contributed by atoms with Crippen molar-refractivity contribution in [2.24, 2.45) is 0 Å². The molecule has 98 valence electrons. The summed E-state index contributed by atoms with van der Waals surface area (Å²) < 4.78 is 0.733. The fourth-order valence-electron chi connectivity index (χ4n) is 2.37. The van der Waals surface area contributed by atoms with Gasteiger partial charge in [-0.2, -0.15) is 0 Å². The van der Waals surface area contributed by atoms with Crippen molar-refractivity contribution in [3.05, 3.63) is 45.4 Å². The van der Waals surface area contributed by atoms with Crippen molar-refractivity contribution in [1.82, 2.24) is 9.97 Å². The lowest BCUT2D eigenvalue weighted by Gasteiger charge is -2.12. The van der Waals surface area contributed by atoms with Gasteiger partial charge in [-0.1, -0.05) is 29.9 Å². The van der Waals surface area contributed by atoms with Crippen LogP contribution in [0.4, 0.5) is 0 Å². The van der Waals surface area contributed by atoms with E-state index in [0.29, 0.717) is 5.92 Å². The second-order valence-electron chi connectivity index (χ2n) is 5.52. The largest absolute Gasteiger partial charge is 0.343 e. The molecule has 1 N–H and O–H groups in total. The number of aromatic amines is 1. The minimum atomic E-state index is 0.589. The van der Waals surface area contributed by atoms with Gasteiger partial charge in [0.2, 0.25) is 0 Å². The number of hydrogen-bond acceptors (Lipinski definition) is 2. The highest BCUT2D eigenvalue weighted by atomic mass is 32.1. The number of nitrogens with one attached hydrogen (secondary N) is 1. The fraction of sp³-hybridized carbons (Fsp3) is 0.375. The van der Waals surface area contributed by atoms with Crippen LogP contribution >= 0.6 is 12.2 Å². The van der Waals surface area contributed by atoms with E-state index in [4.69, 9.17) is 12.2 Å². The summed E-state index contributed by atoms with van der Waals surface area (Å²) in [5, 5.41) is 0. The van der Waals surface area contributed by atoms with Gasteiger partial charge in [0.1, 0.15) is 10.5 Å². The zero-order chi connectivity index (χ0) is 13.6. The smallest absolute Gasteiger partial charge is 0.133 e. The molecule has 2 aromatic rings. The molecule has 0 spiro atoms. The Hall–Kier alpha value is -1.48. The standard InChI is InChI=1S/C16H18N2S/c1-9-4-5-10(2)13(8-9)14-11(3)16(19)18-15(17-14)12-6-7-12/h4-5,8,12H,6-7H2,1-3H3,(H,17,18,19). The molecule has 1 heterocycles. The quantitative estimate of drug-likeness (QED) is 0.807. The first-order valence-corrected chi connectivity index (χ1v) is 7.15. The van der Waals surface area contributed by atoms with Gasteiger partial charge in [0, 0.05) is 17.0 Å². The van der Waals surface area contributed by atoms with Crippen LogP contribution < -0.4 is 0 Å². The molecule has 1 saturated carbocycles. The van der Waals surface area contributed by atoms with E-state index in [1.807, 2.05) is 0 Å². The Kier molecular flexibility index (Phi) is 3.02. The van der Waals surface area contributed by atoms with Crippen molar-refractivity contribution in [3.63, 3.8) is 0 Å². The van der Waals surface area contributed by atoms with E-state index < -0.39 is 0 Å². The van der Waals surface area contributed by atoms with E-state index in [1.54, 1.807) is 0 Å². The van der Waals surface area contributed by atoms with Gasteiger partial charge >= 0.3 is 0 Å². The van der Waals surface area contributed by atoms with Gasteiger partial charge < -0.3 is 4.98 Å². The Morgan fingerprint density at radius 3 is 2.63 bits per heavy atom. The van der Waals surface area contributed by atoms with Crippen molar-refractivity contribution < 1.29 is 0 Å². The van der Waals surface area contributed by atoms with E-state index >= 15 is 0 Å². The molecule has 2 nitrogen and oxygen atoms in total. The number of benzene rings is 1. The average molecular weight is 270 g/mol. The molecule has 19 heavy (non-hydrogen) atoms. The Morgan fingerprint density at radius 2 is 1.95 bits per heavy atom. The number of aromatic nitrogens is 2. The molecular weight excluding hydrogens is 252 g/mol. The van der Waals surface area contributed by atoms with Crippen molar-refractivity contribution in [3.8, 4) is 11.3 Å². The molecule has 0 saturated heterocycles. The van der Waals surface area contributed by atoms with Crippen LogP contribution in [0.25, 0.3) is 11.3 Å². The summed E-state index contributed by atoms with van der Waals surface area (Å²) in [7, 11) is 0. The van der Waals surface area contributed by atoms with Crippen LogP contribution in [0.5, 0.6) is 0 Å². The maximum Gasteiger partial charge on any atom is 0.133 e. The van der Waals surface area contributed by atoms with E-state index in [9.17, 15) is 0 Å². The topological polar surface area (TPSA) is 28.7 Å². The molecule has 0 bridgehead atoms. The molecule has 1 fully saturated rings. The second-order valence-corrected chi connectivity index (χ2v) is 5.91. The van der Waals surface area contributed by atoms with Crippen molar-refractivity contribution in [2.75, 3.05) is 0 Å². The van der Waals surface area contributed by atoms with E-state index in [2.05, 4.69) is 48.9 Å². The van der Waals surface area contributed by atoms with Crippen molar-refractivity contribution in [1.29, 1.82) is 0 Å². The highest BCUT2D eigenvalue weighted by Crippen LogP contribution is 2.39. The third kappa shape index (κ3) is 2.35. The van der Waals surface area contributed by atoms with Crippen LogP contribution in [0.15, 0.2) is 18.2 Å². The predicted octanol–water partition coefficient (Wildman–Crippen LogP) is 4.61. The molecular formula is C16H18N2S. The fourth-order valence-corrected chi connectivity index (χ4v) is 2.58. The highest BCUT2D eigenvalue weighted by Gasteiger charge is 2.26. The summed E-state index contributed by atoms with van der Waals surface area (Å²) in [5.41, 5.74) is 6.00. The summed E-state index contributed by atoms with van der Waals surface area (Å²) >= 11 is 5.42. The Labute approximate surface area is 118 Å². The van der Waals surface area contributed by atoms with Gasteiger partial charge in [0.05, 0.1) is 5.69 Å². The minimum absolute atomic E-state index is 0.589. The highest BCUT2D eigenvalue weighted by molar-refractivity contribution is 7.71. The molecule has 1 aliphatic rings. The van der Waals surface area contributed by atoms with Gasteiger partial charge in [-0.15, -0.1) is 0 Å². The summed E-state index contributed by atoms with van der Waals surface area (Å²) in [6.45, 7) is 6.32. The number of nitrogens with zero attached hydrogens (tertiary/aromatic N) is 1. The molecule has 1 aromatic heterocycles. The van der Waals surface area contributed by atoms with E-state index in [-0.39, 0.29) is 0 Å². The maximum absolute atomic E-state index is 5.42. The van der Waals surface area contributed by atoms with Gasteiger partial charge in [-0.3, -0.25) is 0 Å². The lowest BCUT2D eigenvalue weighted by molar-refractivity contribution is 0.913. The van der Waals surface area contributed by atoms with Crippen LogP contribution in [0.3, 0.4) is 0 Å². The van der Waals surface area contributed by atoms with Crippen molar-refractivity contribution >= 4 is 12.2 Å².